The zero-order valence-electron chi connectivity index (χ0n) is 16.0. The number of carbonyl (C=O) groups excluding carboxylic acids is 1. The number of hydrogen-bond acceptors (Lipinski definition) is 3. The molecule has 4 N–H and O–H groups in total. The van der Waals surface area contributed by atoms with Gasteiger partial charge < -0.3 is 21.3 Å². The number of benzene rings is 2. The van der Waals surface area contributed by atoms with E-state index in [-0.39, 0.29) is 0 Å². The minimum atomic E-state index is -0.428. The summed E-state index contributed by atoms with van der Waals surface area (Å²) in [4.78, 5) is 18.3. The van der Waals surface area contributed by atoms with Crippen LogP contribution in [0.2, 0.25) is 5.02 Å². The first-order chi connectivity index (χ1) is 13.5. The molecule has 28 heavy (non-hydrogen) atoms. The Morgan fingerprint density at radius 1 is 1.29 bits per heavy atom. The fourth-order valence-corrected chi connectivity index (χ4v) is 3.48. The van der Waals surface area contributed by atoms with Crippen LogP contribution in [0.4, 0.5) is 5.69 Å². The molecular weight excluding hydrogens is 374 g/mol. The number of guanidine groups is 1. The van der Waals surface area contributed by atoms with E-state index in [1.165, 1.54) is 0 Å². The molecule has 0 aliphatic carbocycles. The van der Waals surface area contributed by atoms with E-state index in [2.05, 4.69) is 26.6 Å². The molecule has 0 aromatic heterocycles. The van der Waals surface area contributed by atoms with Crippen molar-refractivity contribution in [2.24, 2.45) is 10.7 Å². The number of primary amides is 1. The third-order valence-corrected chi connectivity index (χ3v) is 4.91. The number of halogens is 1. The van der Waals surface area contributed by atoms with E-state index >= 15 is 0 Å². The minimum Gasteiger partial charge on any atom is -0.369 e. The number of nitrogens with zero attached hydrogens (tertiary/aromatic N) is 2. The highest BCUT2D eigenvalue weighted by molar-refractivity contribution is 6.30. The Morgan fingerprint density at radius 3 is 2.86 bits per heavy atom. The van der Waals surface area contributed by atoms with E-state index in [4.69, 9.17) is 17.3 Å². The molecule has 0 spiro atoms. The number of anilines is 1. The molecule has 6 nitrogen and oxygen atoms in total. The first-order valence-corrected chi connectivity index (χ1v) is 9.87. The Hall–Kier alpha value is -2.73. The van der Waals surface area contributed by atoms with E-state index in [0.717, 1.165) is 48.3 Å². The normalized spacial score (nSPS) is 16.9. The van der Waals surface area contributed by atoms with Crippen LogP contribution < -0.4 is 21.3 Å². The lowest BCUT2D eigenvalue weighted by Crippen LogP contribution is -2.44. The van der Waals surface area contributed by atoms with E-state index in [0.29, 0.717) is 18.2 Å². The van der Waals surface area contributed by atoms with Crippen LogP contribution in [0.3, 0.4) is 0 Å². The summed E-state index contributed by atoms with van der Waals surface area (Å²) in [5.41, 5.74) is 7.94. The van der Waals surface area contributed by atoms with Crippen molar-refractivity contribution < 1.29 is 4.79 Å². The second-order valence-electron chi connectivity index (χ2n) is 6.82. The summed E-state index contributed by atoms with van der Waals surface area (Å²) in [5, 5.41) is 7.55. The number of nitrogens with one attached hydrogen (secondary N) is 2. The third kappa shape index (κ3) is 5.39. The third-order valence-electron chi connectivity index (χ3n) is 4.68. The summed E-state index contributed by atoms with van der Waals surface area (Å²) in [6, 6.07) is 15.5. The summed E-state index contributed by atoms with van der Waals surface area (Å²) in [5.74, 6) is 0.341. The highest BCUT2D eigenvalue weighted by atomic mass is 35.5. The Balaban J connectivity index is 1.62. The predicted molar refractivity (Wildman–Crippen MR) is 115 cm³/mol. The van der Waals surface area contributed by atoms with Gasteiger partial charge in [0.2, 0.25) is 5.91 Å². The van der Waals surface area contributed by atoms with Crippen LogP contribution in [0.25, 0.3) is 0 Å². The van der Waals surface area contributed by atoms with Gasteiger partial charge in [-0.2, -0.15) is 0 Å². The van der Waals surface area contributed by atoms with E-state index in [1.54, 1.807) is 12.1 Å². The topological polar surface area (TPSA) is 82.7 Å². The van der Waals surface area contributed by atoms with Gasteiger partial charge >= 0.3 is 0 Å². The molecule has 3 rings (SSSR count). The molecule has 1 aliphatic rings. The highest BCUT2D eigenvalue weighted by Crippen LogP contribution is 2.23. The van der Waals surface area contributed by atoms with E-state index < -0.39 is 5.91 Å². The quantitative estimate of drug-likeness (QED) is 0.515. The molecular formula is C21H26ClN5O. The van der Waals surface area contributed by atoms with Crippen LogP contribution in [-0.2, 0) is 6.54 Å². The molecule has 7 heteroatoms. The van der Waals surface area contributed by atoms with Crippen molar-refractivity contribution in [3.8, 4) is 0 Å². The Kier molecular flexibility index (Phi) is 6.76. The Bertz CT molecular complexity index is 854. The van der Waals surface area contributed by atoms with Crippen LogP contribution in [0.1, 0.15) is 29.3 Å². The molecule has 148 valence electrons. The smallest absolute Gasteiger partial charge is 0.248 e. The largest absolute Gasteiger partial charge is 0.369 e. The van der Waals surface area contributed by atoms with Crippen LogP contribution in [0.15, 0.2) is 53.5 Å². The van der Waals surface area contributed by atoms with Crippen LogP contribution >= 0.6 is 11.6 Å². The molecule has 0 bridgehead atoms. The molecule has 1 atom stereocenters. The van der Waals surface area contributed by atoms with Gasteiger partial charge in [-0.05, 0) is 49.2 Å². The van der Waals surface area contributed by atoms with Gasteiger partial charge in [-0.15, -0.1) is 0 Å². The zero-order chi connectivity index (χ0) is 19.9. The van der Waals surface area contributed by atoms with Gasteiger partial charge in [-0.1, -0.05) is 29.8 Å². The maximum absolute atomic E-state index is 11.3. The zero-order valence-corrected chi connectivity index (χ0v) is 16.7. The first-order valence-electron chi connectivity index (χ1n) is 9.49. The average molecular weight is 400 g/mol. The first kappa shape index (κ1) is 20.0. The second-order valence-corrected chi connectivity index (χ2v) is 7.25. The lowest BCUT2D eigenvalue weighted by atomic mass is 10.1. The average Bonchev–Trinajstić information content (AvgIpc) is 3.15. The van der Waals surface area contributed by atoms with Gasteiger partial charge in [-0.25, -0.2) is 4.99 Å². The van der Waals surface area contributed by atoms with Crippen molar-refractivity contribution in [2.75, 3.05) is 24.5 Å². The fraction of sp³-hybridized carbons (Fsp3) is 0.333. The molecule has 2 aromatic carbocycles. The van der Waals surface area contributed by atoms with Crippen molar-refractivity contribution in [2.45, 2.75) is 25.9 Å². The SMILES string of the molecule is CCNC(=NCc1cccc(C(N)=O)c1)NC1CCN(c2cccc(Cl)c2)C1. The molecule has 1 fully saturated rings. The summed E-state index contributed by atoms with van der Waals surface area (Å²) < 4.78 is 0. The summed E-state index contributed by atoms with van der Waals surface area (Å²) >= 11 is 6.11. The highest BCUT2D eigenvalue weighted by Gasteiger charge is 2.23. The fourth-order valence-electron chi connectivity index (χ4n) is 3.29. The van der Waals surface area contributed by atoms with Crippen LogP contribution in [0, 0.1) is 0 Å². The summed E-state index contributed by atoms with van der Waals surface area (Å²) in [6.45, 7) is 5.15. The summed E-state index contributed by atoms with van der Waals surface area (Å²) in [6.07, 6.45) is 1.02. The lowest BCUT2D eigenvalue weighted by molar-refractivity contribution is 0.1000. The second kappa shape index (κ2) is 9.46. The van der Waals surface area contributed by atoms with Gasteiger partial charge in [0, 0.05) is 41.9 Å². The van der Waals surface area contributed by atoms with Gasteiger partial charge in [0.25, 0.3) is 0 Å². The van der Waals surface area contributed by atoms with Gasteiger partial charge in [0.15, 0.2) is 5.96 Å². The Labute approximate surface area is 170 Å². The number of nitrogens with two attached hydrogens (primary N) is 1. The van der Waals surface area contributed by atoms with Crippen molar-refractivity contribution in [3.63, 3.8) is 0 Å². The Morgan fingerprint density at radius 2 is 2.11 bits per heavy atom. The van der Waals surface area contributed by atoms with Crippen molar-refractivity contribution in [3.05, 3.63) is 64.7 Å². The van der Waals surface area contributed by atoms with Gasteiger partial charge in [0.05, 0.1) is 6.54 Å². The molecule has 1 heterocycles. The maximum atomic E-state index is 11.3. The molecule has 1 saturated heterocycles. The van der Waals surface area contributed by atoms with Crippen molar-refractivity contribution in [1.82, 2.24) is 10.6 Å². The number of carbonyl (C=O) groups is 1. The predicted octanol–water partition coefficient (Wildman–Crippen LogP) is 2.77. The van der Waals surface area contributed by atoms with Gasteiger partial charge in [0.1, 0.15) is 0 Å². The maximum Gasteiger partial charge on any atom is 0.248 e. The molecule has 1 unspecified atom stereocenters. The van der Waals surface area contributed by atoms with Crippen LogP contribution in [0.5, 0.6) is 0 Å². The number of hydrogen-bond donors (Lipinski definition) is 3. The number of rotatable bonds is 6. The van der Waals surface area contributed by atoms with Crippen LogP contribution in [-0.4, -0.2) is 37.5 Å². The molecule has 0 radical (unpaired) electrons. The van der Waals surface area contributed by atoms with E-state index in [9.17, 15) is 4.79 Å². The molecule has 1 aliphatic heterocycles. The van der Waals surface area contributed by atoms with Crippen molar-refractivity contribution in [1.29, 1.82) is 0 Å². The summed E-state index contributed by atoms with van der Waals surface area (Å²) in [7, 11) is 0. The van der Waals surface area contributed by atoms with Crippen molar-refractivity contribution >= 4 is 29.2 Å². The molecule has 0 saturated carbocycles. The number of aliphatic imine (C=N–C) groups is 1. The molecule has 2 aromatic rings. The standard InChI is InChI=1S/C21H26ClN5O/c1-2-24-21(25-13-15-5-3-6-16(11-15)20(23)28)26-18-9-10-27(14-18)19-8-4-7-17(22)12-19/h3-8,11-12,18H,2,9-10,13-14H2,1H3,(H2,23,28)(H2,24,25,26). The lowest BCUT2D eigenvalue weighted by Gasteiger charge is -2.20. The monoisotopic (exact) mass is 399 g/mol. The minimum absolute atomic E-state index is 0.300. The number of amides is 1. The molecule has 1 amide bonds. The van der Waals surface area contributed by atoms with Gasteiger partial charge in [-0.3, -0.25) is 4.79 Å². The van der Waals surface area contributed by atoms with E-state index in [1.807, 2.05) is 37.3 Å².